The van der Waals surface area contributed by atoms with Crippen molar-refractivity contribution in [1.29, 1.82) is 5.26 Å². The van der Waals surface area contributed by atoms with Crippen LogP contribution in [0.4, 0.5) is 0 Å². The van der Waals surface area contributed by atoms with Crippen LogP contribution in [0.3, 0.4) is 0 Å². The quantitative estimate of drug-likeness (QED) is 0.679. The van der Waals surface area contributed by atoms with E-state index in [1.165, 1.54) is 0 Å². The van der Waals surface area contributed by atoms with Gasteiger partial charge in [-0.3, -0.25) is 0 Å². The van der Waals surface area contributed by atoms with E-state index in [4.69, 9.17) is 24.6 Å². The first kappa shape index (κ1) is 18.0. The van der Waals surface area contributed by atoms with Gasteiger partial charge in [-0.25, -0.2) is 0 Å². The molecule has 0 bridgehead atoms. The lowest BCUT2D eigenvalue weighted by molar-refractivity contribution is 0.0247. The maximum Gasteiger partial charge on any atom is 0.119 e. The van der Waals surface area contributed by atoms with E-state index in [0.29, 0.717) is 38.6 Å². The van der Waals surface area contributed by atoms with E-state index < -0.39 is 0 Å². The van der Waals surface area contributed by atoms with Crippen molar-refractivity contribution in [3.05, 3.63) is 54.1 Å². The minimum Gasteiger partial charge on any atom is -0.491 e. The molecule has 0 amide bonds. The predicted molar refractivity (Wildman–Crippen MR) is 90.8 cm³/mol. The van der Waals surface area contributed by atoms with Gasteiger partial charge in [-0.05, 0) is 35.4 Å². The Balaban J connectivity index is 1.71. The summed E-state index contributed by atoms with van der Waals surface area (Å²) in [5, 5.41) is 17.4. The highest BCUT2D eigenvalue weighted by atomic mass is 16.5. The van der Waals surface area contributed by atoms with Gasteiger partial charge in [0.25, 0.3) is 0 Å². The summed E-state index contributed by atoms with van der Waals surface area (Å²) >= 11 is 0. The van der Waals surface area contributed by atoms with Crippen molar-refractivity contribution in [1.82, 2.24) is 0 Å². The molecule has 2 rings (SSSR count). The lowest BCUT2D eigenvalue weighted by Crippen LogP contribution is -2.11. The van der Waals surface area contributed by atoms with Crippen LogP contribution in [0.25, 0.3) is 11.1 Å². The molecule has 0 atom stereocenters. The second-order valence-corrected chi connectivity index (χ2v) is 5.01. The molecule has 1 N–H and O–H groups in total. The summed E-state index contributed by atoms with van der Waals surface area (Å²) in [5.41, 5.74) is 2.79. The number of ether oxygens (including phenoxy) is 3. The van der Waals surface area contributed by atoms with Crippen molar-refractivity contribution in [2.24, 2.45) is 0 Å². The number of aliphatic hydroxyl groups excluding tert-OH is 1. The highest BCUT2D eigenvalue weighted by Gasteiger charge is 2.00. The number of nitriles is 1. The smallest absolute Gasteiger partial charge is 0.119 e. The van der Waals surface area contributed by atoms with Crippen molar-refractivity contribution in [2.45, 2.75) is 0 Å². The van der Waals surface area contributed by atoms with Gasteiger partial charge in [-0.15, -0.1) is 0 Å². The molecule has 0 aliphatic rings. The molecule has 0 aromatic heterocycles. The van der Waals surface area contributed by atoms with Crippen molar-refractivity contribution >= 4 is 0 Å². The monoisotopic (exact) mass is 327 g/mol. The Bertz CT molecular complexity index is 632. The van der Waals surface area contributed by atoms with Gasteiger partial charge < -0.3 is 19.3 Å². The van der Waals surface area contributed by atoms with Crippen molar-refractivity contribution < 1.29 is 19.3 Å². The Labute approximate surface area is 142 Å². The molecule has 5 heteroatoms. The molecule has 5 nitrogen and oxygen atoms in total. The van der Waals surface area contributed by atoms with Gasteiger partial charge in [-0.1, -0.05) is 24.3 Å². The lowest BCUT2D eigenvalue weighted by atomic mass is 10.0. The minimum absolute atomic E-state index is 0.0293. The second kappa shape index (κ2) is 10.4. The fourth-order valence-corrected chi connectivity index (χ4v) is 2.09. The summed E-state index contributed by atoms with van der Waals surface area (Å²) in [7, 11) is 0. The number of nitrogens with zero attached hydrogens (tertiary/aromatic N) is 1. The number of benzene rings is 2. The summed E-state index contributed by atoms with van der Waals surface area (Å²) < 4.78 is 16.1. The molecule has 0 aliphatic carbocycles. The second-order valence-electron chi connectivity index (χ2n) is 5.01. The summed E-state index contributed by atoms with van der Waals surface area (Å²) in [6.07, 6.45) is 0. The van der Waals surface area contributed by atoms with Crippen LogP contribution in [0.15, 0.2) is 48.5 Å². The molecule has 0 unspecified atom stereocenters. The molecule has 0 saturated carbocycles. The van der Waals surface area contributed by atoms with Crippen LogP contribution in [0.5, 0.6) is 5.75 Å². The molecule has 0 heterocycles. The largest absolute Gasteiger partial charge is 0.491 e. The van der Waals surface area contributed by atoms with Crippen LogP contribution in [0.1, 0.15) is 5.56 Å². The van der Waals surface area contributed by atoms with Gasteiger partial charge in [0.1, 0.15) is 12.4 Å². The average Bonchev–Trinajstić information content (AvgIpc) is 2.64. The molecule has 126 valence electrons. The molecular formula is C19H21NO4. The van der Waals surface area contributed by atoms with E-state index in [-0.39, 0.29) is 6.61 Å². The Hall–Kier alpha value is -2.39. The third-order valence-electron chi connectivity index (χ3n) is 3.31. The molecule has 0 fully saturated rings. The van der Waals surface area contributed by atoms with Crippen LogP contribution in [-0.2, 0) is 9.47 Å². The van der Waals surface area contributed by atoms with E-state index in [1.807, 2.05) is 36.4 Å². The standard InChI is InChI=1S/C19H21NO4/c20-15-16-1-3-17(4-2-16)18-5-7-19(8-6-18)24-14-13-23-12-11-22-10-9-21/h1-8,21H,9-14H2. The Morgan fingerprint density at radius 1 is 0.750 bits per heavy atom. The summed E-state index contributed by atoms with van der Waals surface area (Å²) in [5.74, 6) is 0.785. The van der Waals surface area contributed by atoms with E-state index in [0.717, 1.165) is 16.9 Å². The van der Waals surface area contributed by atoms with Gasteiger partial charge in [0.05, 0.1) is 44.7 Å². The number of hydrogen-bond donors (Lipinski definition) is 1. The molecular weight excluding hydrogens is 306 g/mol. The van der Waals surface area contributed by atoms with E-state index >= 15 is 0 Å². The van der Waals surface area contributed by atoms with Gasteiger partial charge in [0, 0.05) is 0 Å². The Kier molecular flexibility index (Phi) is 7.78. The number of hydrogen-bond acceptors (Lipinski definition) is 5. The number of aliphatic hydroxyl groups is 1. The van der Waals surface area contributed by atoms with Gasteiger partial charge in [0.15, 0.2) is 0 Å². The molecule has 2 aromatic carbocycles. The summed E-state index contributed by atoms with van der Waals surface area (Å²) in [6, 6.07) is 17.4. The van der Waals surface area contributed by atoms with E-state index in [9.17, 15) is 0 Å². The van der Waals surface area contributed by atoms with Crippen molar-refractivity contribution in [3.8, 4) is 22.9 Å². The van der Waals surface area contributed by atoms with Crippen LogP contribution in [0, 0.1) is 11.3 Å². The maximum atomic E-state index is 8.82. The number of rotatable bonds is 10. The Morgan fingerprint density at radius 2 is 1.29 bits per heavy atom. The van der Waals surface area contributed by atoms with Crippen LogP contribution in [-0.4, -0.2) is 44.7 Å². The van der Waals surface area contributed by atoms with Crippen LogP contribution >= 0.6 is 0 Å². The highest BCUT2D eigenvalue weighted by Crippen LogP contribution is 2.22. The van der Waals surface area contributed by atoms with Gasteiger partial charge >= 0.3 is 0 Å². The SMILES string of the molecule is N#Cc1ccc(-c2ccc(OCCOCCOCCO)cc2)cc1. The molecule has 2 aromatic rings. The molecule has 0 radical (unpaired) electrons. The first-order valence-corrected chi connectivity index (χ1v) is 7.83. The summed E-state index contributed by atoms with van der Waals surface area (Å²) in [6.45, 7) is 2.28. The zero-order valence-electron chi connectivity index (χ0n) is 13.5. The zero-order chi connectivity index (χ0) is 17.0. The molecule has 0 spiro atoms. The van der Waals surface area contributed by atoms with Crippen molar-refractivity contribution in [2.75, 3.05) is 39.6 Å². The maximum absolute atomic E-state index is 8.82. The fourth-order valence-electron chi connectivity index (χ4n) is 2.09. The first-order chi connectivity index (χ1) is 11.8. The zero-order valence-corrected chi connectivity index (χ0v) is 13.5. The average molecular weight is 327 g/mol. The third kappa shape index (κ3) is 6.01. The van der Waals surface area contributed by atoms with E-state index in [2.05, 4.69) is 6.07 Å². The normalized spacial score (nSPS) is 10.3. The first-order valence-electron chi connectivity index (χ1n) is 7.83. The minimum atomic E-state index is 0.0293. The van der Waals surface area contributed by atoms with Gasteiger partial charge in [-0.2, -0.15) is 5.26 Å². The highest BCUT2D eigenvalue weighted by molar-refractivity contribution is 5.64. The molecule has 0 saturated heterocycles. The predicted octanol–water partition coefficient (Wildman–Crippen LogP) is 2.63. The van der Waals surface area contributed by atoms with Crippen molar-refractivity contribution in [3.63, 3.8) is 0 Å². The van der Waals surface area contributed by atoms with E-state index in [1.54, 1.807) is 12.1 Å². The fraction of sp³-hybridized carbons (Fsp3) is 0.316. The molecule has 0 aliphatic heterocycles. The topological polar surface area (TPSA) is 71.7 Å². The Morgan fingerprint density at radius 3 is 1.88 bits per heavy atom. The lowest BCUT2D eigenvalue weighted by Gasteiger charge is -2.08. The van der Waals surface area contributed by atoms with Crippen LogP contribution in [0.2, 0.25) is 0 Å². The van der Waals surface area contributed by atoms with Crippen LogP contribution < -0.4 is 4.74 Å². The van der Waals surface area contributed by atoms with Gasteiger partial charge in [0.2, 0.25) is 0 Å². The third-order valence-corrected chi connectivity index (χ3v) is 3.31. The summed E-state index contributed by atoms with van der Waals surface area (Å²) in [4.78, 5) is 0. The molecule has 24 heavy (non-hydrogen) atoms.